The van der Waals surface area contributed by atoms with Crippen molar-refractivity contribution in [3.05, 3.63) is 35.4 Å². The van der Waals surface area contributed by atoms with E-state index in [1.165, 1.54) is 0 Å². The number of carbonyl (C=O) groups excluding carboxylic acids is 2. The van der Waals surface area contributed by atoms with Crippen LogP contribution >= 0.6 is 0 Å². The molecule has 28 heavy (non-hydrogen) atoms. The number of rotatable bonds is 4. The number of nitrogens with zero attached hydrogens (tertiary/aromatic N) is 3. The van der Waals surface area contributed by atoms with E-state index in [9.17, 15) is 9.59 Å². The Morgan fingerprint density at radius 3 is 2.79 bits per heavy atom. The molecule has 2 amide bonds. The summed E-state index contributed by atoms with van der Waals surface area (Å²) in [6.07, 6.45) is 3.61. The first-order chi connectivity index (χ1) is 13.6. The minimum Gasteiger partial charge on any atom is -0.371 e. The van der Waals surface area contributed by atoms with Crippen molar-refractivity contribution in [1.82, 2.24) is 9.80 Å². The largest absolute Gasteiger partial charge is 0.371 e. The smallest absolute Gasteiger partial charge is 0.254 e. The number of hydrogen-bond donors (Lipinski definition) is 0. The molecule has 0 saturated carbocycles. The maximum atomic E-state index is 12.6. The van der Waals surface area contributed by atoms with Gasteiger partial charge in [-0.3, -0.25) is 9.59 Å². The lowest BCUT2D eigenvalue weighted by Gasteiger charge is -2.53. The number of hydrogen-bond acceptors (Lipinski definition) is 5. The van der Waals surface area contributed by atoms with E-state index in [1.54, 1.807) is 29.2 Å². The Hall–Kier alpha value is -2.43. The van der Waals surface area contributed by atoms with Gasteiger partial charge in [0.1, 0.15) is 12.2 Å². The molecule has 0 N–H and O–H groups in total. The molecular weight excluding hydrogens is 358 g/mol. The van der Waals surface area contributed by atoms with E-state index < -0.39 is 0 Å². The van der Waals surface area contributed by atoms with Crippen molar-refractivity contribution in [1.29, 1.82) is 5.26 Å². The summed E-state index contributed by atoms with van der Waals surface area (Å²) >= 11 is 0. The summed E-state index contributed by atoms with van der Waals surface area (Å²) in [5.41, 5.74) is 0.627. The van der Waals surface area contributed by atoms with E-state index >= 15 is 0 Å². The van der Waals surface area contributed by atoms with E-state index in [4.69, 9.17) is 14.7 Å². The van der Waals surface area contributed by atoms with Crippen LogP contribution in [0.5, 0.6) is 0 Å². The van der Waals surface area contributed by atoms with Crippen molar-refractivity contribution in [2.24, 2.45) is 0 Å². The van der Waals surface area contributed by atoms with Crippen molar-refractivity contribution < 1.29 is 19.1 Å². The molecule has 1 unspecified atom stereocenters. The van der Waals surface area contributed by atoms with Crippen LogP contribution in [0.25, 0.3) is 0 Å². The van der Waals surface area contributed by atoms with Crippen LogP contribution in [0.2, 0.25) is 0 Å². The van der Waals surface area contributed by atoms with Gasteiger partial charge in [-0.15, -0.1) is 0 Å². The van der Waals surface area contributed by atoms with Crippen LogP contribution in [-0.2, 0) is 14.3 Å². The van der Waals surface area contributed by atoms with Crippen LogP contribution in [-0.4, -0.2) is 72.7 Å². The maximum absolute atomic E-state index is 12.6. The Labute approximate surface area is 164 Å². The van der Waals surface area contributed by atoms with Crippen LogP contribution < -0.4 is 0 Å². The zero-order valence-electron chi connectivity index (χ0n) is 15.9. The fraction of sp³-hybridized carbons (Fsp3) is 0.571. The van der Waals surface area contributed by atoms with Crippen LogP contribution in [0, 0.1) is 11.3 Å². The molecule has 1 atom stereocenters. The highest BCUT2D eigenvalue weighted by atomic mass is 16.5. The molecule has 3 aliphatic rings. The molecule has 3 heterocycles. The molecule has 7 nitrogen and oxygen atoms in total. The van der Waals surface area contributed by atoms with Gasteiger partial charge in [-0.1, -0.05) is 6.07 Å². The lowest BCUT2D eigenvalue weighted by molar-refractivity contribution is -0.188. The summed E-state index contributed by atoms with van der Waals surface area (Å²) in [5, 5.41) is 9.00. The molecule has 0 radical (unpaired) electrons. The van der Waals surface area contributed by atoms with Gasteiger partial charge >= 0.3 is 0 Å². The lowest BCUT2D eigenvalue weighted by atomic mass is 9.84. The Morgan fingerprint density at radius 2 is 2.04 bits per heavy atom. The average molecular weight is 383 g/mol. The molecule has 7 heteroatoms. The van der Waals surface area contributed by atoms with Crippen molar-refractivity contribution in [2.75, 3.05) is 39.4 Å². The summed E-state index contributed by atoms with van der Waals surface area (Å²) in [5.74, 6) is -0.0144. The third kappa shape index (κ3) is 3.89. The number of carbonyl (C=O) groups is 2. The molecule has 4 rings (SSSR count). The van der Waals surface area contributed by atoms with Crippen molar-refractivity contribution >= 4 is 11.8 Å². The molecular formula is C21H25N3O4. The van der Waals surface area contributed by atoms with Crippen LogP contribution in [0.3, 0.4) is 0 Å². The third-order valence-corrected chi connectivity index (χ3v) is 5.83. The summed E-state index contributed by atoms with van der Waals surface area (Å²) in [6, 6.07) is 8.81. The third-order valence-electron chi connectivity index (χ3n) is 5.83. The summed E-state index contributed by atoms with van der Waals surface area (Å²) in [6.45, 7) is 3.41. The van der Waals surface area contributed by atoms with E-state index in [0.717, 1.165) is 32.4 Å². The maximum Gasteiger partial charge on any atom is 0.254 e. The minimum absolute atomic E-state index is 0.0144. The fourth-order valence-corrected chi connectivity index (χ4v) is 4.29. The first kappa shape index (κ1) is 18.9. The molecule has 0 bridgehead atoms. The van der Waals surface area contributed by atoms with Crippen molar-refractivity contribution in [3.63, 3.8) is 0 Å². The summed E-state index contributed by atoms with van der Waals surface area (Å²) in [7, 11) is 0. The minimum atomic E-state index is -0.373. The number of ether oxygens (including phenoxy) is 2. The number of benzene rings is 1. The van der Waals surface area contributed by atoms with Gasteiger partial charge in [0.05, 0.1) is 30.8 Å². The monoisotopic (exact) mass is 383 g/mol. The fourth-order valence-electron chi connectivity index (χ4n) is 4.29. The van der Waals surface area contributed by atoms with Gasteiger partial charge in [0, 0.05) is 31.7 Å². The topological polar surface area (TPSA) is 82.9 Å². The Kier molecular flexibility index (Phi) is 5.33. The van der Waals surface area contributed by atoms with E-state index in [1.807, 2.05) is 4.90 Å². The second kappa shape index (κ2) is 7.90. The van der Waals surface area contributed by atoms with Gasteiger partial charge in [0.25, 0.3) is 5.91 Å². The molecule has 3 saturated heterocycles. The van der Waals surface area contributed by atoms with Gasteiger partial charge in [-0.25, -0.2) is 0 Å². The second-order valence-electron chi connectivity index (χ2n) is 7.90. The predicted molar refractivity (Wildman–Crippen MR) is 101 cm³/mol. The van der Waals surface area contributed by atoms with Gasteiger partial charge in [-0.05, 0) is 37.5 Å². The highest BCUT2D eigenvalue weighted by Gasteiger charge is 2.49. The number of likely N-dealkylation sites (tertiary alicyclic amines) is 2. The molecule has 0 aliphatic carbocycles. The molecule has 148 valence electrons. The quantitative estimate of drug-likeness (QED) is 0.788. The van der Waals surface area contributed by atoms with Crippen LogP contribution in [0.15, 0.2) is 24.3 Å². The molecule has 1 aromatic carbocycles. The van der Waals surface area contributed by atoms with E-state index in [2.05, 4.69) is 6.07 Å². The van der Waals surface area contributed by atoms with Gasteiger partial charge in [0.15, 0.2) is 0 Å². The summed E-state index contributed by atoms with van der Waals surface area (Å²) in [4.78, 5) is 28.4. The number of nitriles is 1. The average Bonchev–Trinajstić information content (AvgIpc) is 3.25. The number of amides is 2. The Bertz CT molecular complexity index is 791. The molecule has 3 fully saturated rings. The van der Waals surface area contributed by atoms with Gasteiger partial charge in [0.2, 0.25) is 5.91 Å². The first-order valence-corrected chi connectivity index (χ1v) is 9.91. The molecule has 1 aromatic rings. The van der Waals surface area contributed by atoms with Crippen molar-refractivity contribution in [3.8, 4) is 6.07 Å². The molecule has 1 spiro atoms. The van der Waals surface area contributed by atoms with E-state index in [-0.39, 0.29) is 30.1 Å². The normalized spacial score (nSPS) is 23.3. The Morgan fingerprint density at radius 1 is 1.25 bits per heavy atom. The zero-order valence-corrected chi connectivity index (χ0v) is 15.9. The van der Waals surface area contributed by atoms with Crippen LogP contribution in [0.1, 0.15) is 41.6 Å². The summed E-state index contributed by atoms with van der Waals surface area (Å²) < 4.78 is 11.9. The standard InChI is InChI=1S/C21H25N3O4/c22-12-16-4-3-5-17(10-16)20(26)24-14-21(15-24)11-18(6-9-28-21)27-13-19(25)23-7-1-2-8-23/h3-5,10,18H,1-2,6-9,11,13-15H2. The molecule has 3 aliphatic heterocycles. The SMILES string of the molecule is N#Cc1cccc(C(=O)N2CC3(CC(OCC(=O)N4CCCC4)CCO3)C2)c1. The van der Waals surface area contributed by atoms with Gasteiger partial charge in [-0.2, -0.15) is 5.26 Å². The first-order valence-electron chi connectivity index (χ1n) is 9.91. The Balaban J connectivity index is 1.28. The highest BCUT2D eigenvalue weighted by Crippen LogP contribution is 2.36. The molecule has 0 aromatic heterocycles. The highest BCUT2D eigenvalue weighted by molar-refractivity contribution is 5.95. The zero-order chi connectivity index (χ0) is 19.6. The second-order valence-corrected chi connectivity index (χ2v) is 7.90. The predicted octanol–water partition coefficient (Wildman–Crippen LogP) is 1.57. The van der Waals surface area contributed by atoms with E-state index in [0.29, 0.717) is 37.2 Å². The lowest BCUT2D eigenvalue weighted by Crippen LogP contribution is -2.67. The van der Waals surface area contributed by atoms with Gasteiger partial charge < -0.3 is 19.3 Å². The van der Waals surface area contributed by atoms with Crippen LogP contribution in [0.4, 0.5) is 0 Å². The van der Waals surface area contributed by atoms with Crippen molar-refractivity contribution in [2.45, 2.75) is 37.4 Å².